The largest absolute Gasteiger partial charge is 0.391 e. The minimum atomic E-state index is -4.26. The molecule has 0 aliphatic carbocycles. The fraction of sp³-hybridized carbons (Fsp3) is 0.583. The highest BCUT2D eigenvalue weighted by atomic mass is 32.2. The van der Waals surface area contributed by atoms with Crippen molar-refractivity contribution in [3.63, 3.8) is 0 Å². The Kier molecular flexibility index (Phi) is 4.54. The minimum absolute atomic E-state index is 0.0230. The van der Waals surface area contributed by atoms with Gasteiger partial charge >= 0.3 is 6.18 Å². The monoisotopic (exact) mass is 323 g/mol. The van der Waals surface area contributed by atoms with Gasteiger partial charge in [-0.2, -0.15) is 17.5 Å². The summed E-state index contributed by atoms with van der Waals surface area (Å²) < 4.78 is 63.5. The van der Waals surface area contributed by atoms with Gasteiger partial charge in [-0.1, -0.05) is 0 Å². The van der Waals surface area contributed by atoms with Crippen LogP contribution in [0.2, 0.25) is 0 Å². The molecule has 0 spiro atoms. The first kappa shape index (κ1) is 16.2. The molecule has 0 atom stereocenters. The summed E-state index contributed by atoms with van der Waals surface area (Å²) in [5, 5.41) is 0. The van der Waals surface area contributed by atoms with Crippen LogP contribution < -0.4 is 5.73 Å². The van der Waals surface area contributed by atoms with Crippen LogP contribution in [0.25, 0.3) is 0 Å². The maximum absolute atomic E-state index is 12.6. The third kappa shape index (κ3) is 3.53. The number of nitrogens with zero attached hydrogens (tertiary/aromatic N) is 2. The van der Waals surface area contributed by atoms with Gasteiger partial charge < -0.3 is 5.73 Å². The quantitative estimate of drug-likeness (QED) is 0.914. The van der Waals surface area contributed by atoms with Gasteiger partial charge in [0, 0.05) is 25.8 Å². The second kappa shape index (κ2) is 5.90. The van der Waals surface area contributed by atoms with E-state index in [4.69, 9.17) is 5.73 Å². The van der Waals surface area contributed by atoms with Gasteiger partial charge in [-0.15, -0.1) is 0 Å². The second-order valence-electron chi connectivity index (χ2n) is 4.91. The van der Waals surface area contributed by atoms with E-state index in [2.05, 4.69) is 4.98 Å². The van der Waals surface area contributed by atoms with Crippen molar-refractivity contribution in [1.82, 2.24) is 9.29 Å². The molecule has 0 amide bonds. The van der Waals surface area contributed by atoms with Crippen molar-refractivity contribution in [3.8, 4) is 0 Å². The molecule has 1 aromatic heterocycles. The van der Waals surface area contributed by atoms with E-state index in [1.807, 2.05) is 0 Å². The van der Waals surface area contributed by atoms with Crippen molar-refractivity contribution in [2.24, 2.45) is 11.7 Å². The van der Waals surface area contributed by atoms with Gasteiger partial charge in [-0.05, 0) is 25.0 Å². The van der Waals surface area contributed by atoms with Gasteiger partial charge in [0.15, 0.2) is 0 Å². The highest BCUT2D eigenvalue weighted by Gasteiger charge is 2.43. The van der Waals surface area contributed by atoms with Gasteiger partial charge in [-0.3, -0.25) is 4.98 Å². The van der Waals surface area contributed by atoms with Crippen LogP contribution in [0.4, 0.5) is 13.2 Å². The Hall–Kier alpha value is -1.19. The van der Waals surface area contributed by atoms with Crippen molar-refractivity contribution in [2.75, 3.05) is 13.1 Å². The Morgan fingerprint density at radius 3 is 2.33 bits per heavy atom. The van der Waals surface area contributed by atoms with Crippen LogP contribution in [0.1, 0.15) is 18.5 Å². The molecule has 0 radical (unpaired) electrons. The SMILES string of the molecule is NCc1ccc(S(=O)(=O)N2CCC(C(F)(F)F)CC2)cn1. The van der Waals surface area contributed by atoms with E-state index < -0.39 is 22.1 Å². The van der Waals surface area contributed by atoms with Gasteiger partial charge in [0.25, 0.3) is 0 Å². The number of pyridine rings is 1. The first-order valence-corrected chi connectivity index (χ1v) is 7.91. The Morgan fingerprint density at radius 1 is 1.29 bits per heavy atom. The molecule has 1 fully saturated rings. The van der Waals surface area contributed by atoms with E-state index in [0.29, 0.717) is 5.69 Å². The van der Waals surface area contributed by atoms with Crippen LogP contribution in [0.5, 0.6) is 0 Å². The number of hydrogen-bond donors (Lipinski definition) is 1. The number of rotatable bonds is 3. The fourth-order valence-electron chi connectivity index (χ4n) is 2.26. The molecule has 1 aromatic rings. The molecular weight excluding hydrogens is 307 g/mol. The smallest absolute Gasteiger partial charge is 0.325 e. The zero-order valence-corrected chi connectivity index (χ0v) is 12.0. The molecule has 5 nitrogen and oxygen atoms in total. The first-order chi connectivity index (χ1) is 9.75. The molecule has 118 valence electrons. The Bertz CT molecular complexity index is 579. The summed E-state index contributed by atoms with van der Waals surface area (Å²) in [4.78, 5) is 3.88. The number of aromatic nitrogens is 1. The molecule has 1 saturated heterocycles. The van der Waals surface area contributed by atoms with Crippen LogP contribution >= 0.6 is 0 Å². The molecule has 0 aromatic carbocycles. The summed E-state index contributed by atoms with van der Waals surface area (Å²) in [6.45, 7) is -0.0758. The molecule has 1 aliphatic rings. The van der Waals surface area contributed by atoms with Crippen molar-refractivity contribution in [3.05, 3.63) is 24.0 Å². The molecule has 2 N–H and O–H groups in total. The van der Waals surface area contributed by atoms with Crippen LogP contribution in [0.3, 0.4) is 0 Å². The third-order valence-electron chi connectivity index (χ3n) is 3.56. The summed E-state index contributed by atoms with van der Waals surface area (Å²) >= 11 is 0. The molecule has 2 rings (SSSR count). The average molecular weight is 323 g/mol. The number of hydrogen-bond acceptors (Lipinski definition) is 4. The van der Waals surface area contributed by atoms with E-state index in [-0.39, 0.29) is 37.4 Å². The zero-order chi connectivity index (χ0) is 15.7. The lowest BCUT2D eigenvalue weighted by molar-refractivity contribution is -0.182. The van der Waals surface area contributed by atoms with E-state index in [0.717, 1.165) is 4.31 Å². The van der Waals surface area contributed by atoms with Crippen molar-refractivity contribution >= 4 is 10.0 Å². The Labute approximate surface area is 121 Å². The highest BCUT2D eigenvalue weighted by molar-refractivity contribution is 7.89. The van der Waals surface area contributed by atoms with Gasteiger partial charge in [0.05, 0.1) is 11.6 Å². The zero-order valence-electron chi connectivity index (χ0n) is 11.2. The topological polar surface area (TPSA) is 76.3 Å². The predicted octanol–water partition coefficient (Wildman–Crippen LogP) is 1.50. The van der Waals surface area contributed by atoms with Gasteiger partial charge in [0.2, 0.25) is 10.0 Å². The van der Waals surface area contributed by atoms with Gasteiger partial charge in [0.1, 0.15) is 4.90 Å². The summed E-state index contributed by atoms with van der Waals surface area (Å²) in [5.74, 6) is -1.43. The summed E-state index contributed by atoms with van der Waals surface area (Å²) in [6, 6.07) is 2.87. The number of nitrogens with two attached hydrogens (primary N) is 1. The maximum Gasteiger partial charge on any atom is 0.391 e. The van der Waals surface area contributed by atoms with Crippen molar-refractivity contribution in [1.29, 1.82) is 0 Å². The number of sulfonamides is 1. The Balaban J connectivity index is 2.11. The second-order valence-corrected chi connectivity index (χ2v) is 6.85. The maximum atomic E-state index is 12.6. The molecule has 0 saturated carbocycles. The van der Waals surface area contributed by atoms with Gasteiger partial charge in [-0.25, -0.2) is 8.42 Å². The van der Waals surface area contributed by atoms with E-state index in [1.54, 1.807) is 0 Å². The highest BCUT2D eigenvalue weighted by Crippen LogP contribution is 2.35. The number of alkyl halides is 3. The minimum Gasteiger partial charge on any atom is -0.325 e. The first-order valence-electron chi connectivity index (χ1n) is 6.47. The van der Waals surface area contributed by atoms with Crippen molar-refractivity contribution in [2.45, 2.75) is 30.5 Å². The Morgan fingerprint density at radius 2 is 1.90 bits per heavy atom. The number of halogens is 3. The van der Waals surface area contributed by atoms with Crippen LogP contribution in [-0.4, -0.2) is 37.0 Å². The van der Waals surface area contributed by atoms with Crippen LogP contribution in [-0.2, 0) is 16.6 Å². The molecule has 2 heterocycles. The number of piperidine rings is 1. The summed E-state index contributed by atoms with van der Waals surface area (Å²) in [7, 11) is -3.79. The van der Waals surface area contributed by atoms with E-state index in [9.17, 15) is 21.6 Å². The van der Waals surface area contributed by atoms with Crippen LogP contribution in [0.15, 0.2) is 23.2 Å². The molecule has 9 heteroatoms. The van der Waals surface area contributed by atoms with E-state index >= 15 is 0 Å². The molecule has 0 unspecified atom stereocenters. The van der Waals surface area contributed by atoms with Crippen LogP contribution in [0, 0.1) is 5.92 Å². The lowest BCUT2D eigenvalue weighted by atomic mass is 9.98. The molecule has 0 bridgehead atoms. The molecular formula is C12H16F3N3O2S. The average Bonchev–Trinajstić information content (AvgIpc) is 2.46. The predicted molar refractivity (Wildman–Crippen MR) is 69.7 cm³/mol. The summed E-state index contributed by atoms with van der Waals surface area (Å²) in [6.07, 6.45) is -3.50. The summed E-state index contributed by atoms with van der Waals surface area (Å²) in [5.41, 5.74) is 5.92. The van der Waals surface area contributed by atoms with E-state index in [1.165, 1.54) is 18.3 Å². The lowest BCUT2D eigenvalue weighted by Gasteiger charge is -2.32. The third-order valence-corrected chi connectivity index (χ3v) is 5.44. The lowest BCUT2D eigenvalue weighted by Crippen LogP contribution is -2.42. The molecule has 1 aliphatic heterocycles. The normalized spacial score (nSPS) is 18.9. The molecule has 21 heavy (non-hydrogen) atoms. The van der Waals surface area contributed by atoms with Crippen molar-refractivity contribution < 1.29 is 21.6 Å². The fourth-order valence-corrected chi connectivity index (χ4v) is 3.67. The standard InChI is InChI=1S/C12H16F3N3O2S/c13-12(14,15)9-3-5-18(6-4-9)21(19,20)11-2-1-10(7-16)17-8-11/h1-2,8-9H,3-7,16H2.